The molecule has 0 aromatic heterocycles. The van der Waals surface area contributed by atoms with Crippen molar-refractivity contribution in [2.45, 2.75) is 3.67 Å². The van der Waals surface area contributed by atoms with Crippen LogP contribution >= 0.6 is 23.2 Å². The Balaban J connectivity index is 2.81. The maximum Gasteiger partial charge on any atom is 0.273 e. The highest BCUT2D eigenvalue weighted by Crippen LogP contribution is 2.51. The van der Waals surface area contributed by atoms with E-state index in [9.17, 15) is 8.42 Å². The minimum atomic E-state index is -3.70. The van der Waals surface area contributed by atoms with Gasteiger partial charge in [-0.05, 0) is 6.07 Å². The van der Waals surface area contributed by atoms with Gasteiger partial charge in [0.1, 0.15) is 0 Å². The van der Waals surface area contributed by atoms with Crippen LogP contribution in [0.3, 0.4) is 0 Å². The highest BCUT2D eigenvalue weighted by Gasteiger charge is 2.52. The van der Waals surface area contributed by atoms with Crippen molar-refractivity contribution < 1.29 is 8.42 Å². The number of halogens is 2. The lowest BCUT2D eigenvalue weighted by Crippen LogP contribution is -2.29. The summed E-state index contributed by atoms with van der Waals surface area (Å²) >= 11 is 11.6. The average molecular weight is 252 g/mol. The molecule has 1 aromatic rings. The second kappa shape index (κ2) is 2.78. The largest absolute Gasteiger partial charge is 0.273 e. The first-order chi connectivity index (χ1) is 6.39. The van der Waals surface area contributed by atoms with E-state index in [2.05, 4.69) is 0 Å². The molecule has 0 saturated heterocycles. The van der Waals surface area contributed by atoms with Gasteiger partial charge in [0.25, 0.3) is 13.7 Å². The van der Waals surface area contributed by atoms with E-state index in [0.29, 0.717) is 11.3 Å². The fourth-order valence-corrected chi connectivity index (χ4v) is 3.59. The SMILES string of the molecule is CN1c2ccccc2C(Cl)(Cl)S1(=O)=O. The summed E-state index contributed by atoms with van der Waals surface area (Å²) in [5, 5.41) is 0. The van der Waals surface area contributed by atoms with Crippen molar-refractivity contribution in [3.05, 3.63) is 29.8 Å². The summed E-state index contributed by atoms with van der Waals surface area (Å²) in [6, 6.07) is 6.71. The molecule has 0 amide bonds. The Labute approximate surface area is 92.3 Å². The second-order valence-corrected chi connectivity index (χ2v) is 6.89. The van der Waals surface area contributed by atoms with Gasteiger partial charge in [-0.25, -0.2) is 8.42 Å². The minimum Gasteiger partial charge on any atom is -0.270 e. The third-order valence-corrected chi connectivity index (χ3v) is 5.60. The molecule has 0 bridgehead atoms. The van der Waals surface area contributed by atoms with Crippen LogP contribution in [0, 0.1) is 0 Å². The van der Waals surface area contributed by atoms with Crippen molar-refractivity contribution in [2.75, 3.05) is 11.4 Å². The van der Waals surface area contributed by atoms with Crippen molar-refractivity contribution in [1.29, 1.82) is 0 Å². The number of rotatable bonds is 0. The normalized spacial score (nSPS) is 22.1. The lowest BCUT2D eigenvalue weighted by Gasteiger charge is -2.14. The molecule has 0 spiro atoms. The summed E-state index contributed by atoms with van der Waals surface area (Å²) in [4.78, 5) is 0. The zero-order valence-corrected chi connectivity index (χ0v) is 9.57. The van der Waals surface area contributed by atoms with Gasteiger partial charge >= 0.3 is 0 Å². The van der Waals surface area contributed by atoms with Crippen molar-refractivity contribution in [3.63, 3.8) is 0 Å². The molecule has 1 aliphatic rings. The van der Waals surface area contributed by atoms with Gasteiger partial charge in [-0.1, -0.05) is 41.4 Å². The van der Waals surface area contributed by atoms with Crippen molar-refractivity contribution in [2.24, 2.45) is 0 Å². The summed E-state index contributed by atoms with van der Waals surface area (Å²) in [6.07, 6.45) is 0. The van der Waals surface area contributed by atoms with E-state index < -0.39 is 13.7 Å². The lowest BCUT2D eigenvalue weighted by molar-refractivity contribution is 0.592. The molecule has 0 atom stereocenters. The summed E-state index contributed by atoms with van der Waals surface area (Å²) in [6.45, 7) is 0. The third-order valence-electron chi connectivity index (χ3n) is 2.24. The van der Waals surface area contributed by atoms with Gasteiger partial charge in [-0.15, -0.1) is 0 Å². The van der Waals surface area contributed by atoms with Crippen molar-refractivity contribution in [1.82, 2.24) is 0 Å². The topological polar surface area (TPSA) is 37.4 Å². The van der Waals surface area contributed by atoms with Crippen LogP contribution in [-0.4, -0.2) is 15.5 Å². The number of hydrogen-bond donors (Lipinski definition) is 0. The van der Waals surface area contributed by atoms with Crippen LogP contribution in [0.5, 0.6) is 0 Å². The number of anilines is 1. The molecule has 0 N–H and O–H groups in total. The molecule has 1 heterocycles. The van der Waals surface area contributed by atoms with E-state index in [1.165, 1.54) is 7.05 Å². The van der Waals surface area contributed by atoms with Crippen LogP contribution in [0.25, 0.3) is 0 Å². The number of alkyl halides is 2. The van der Waals surface area contributed by atoms with Gasteiger partial charge in [0.15, 0.2) is 0 Å². The van der Waals surface area contributed by atoms with Crippen LogP contribution in [0.4, 0.5) is 5.69 Å². The van der Waals surface area contributed by atoms with Crippen LogP contribution < -0.4 is 4.31 Å². The molecule has 0 radical (unpaired) electrons. The smallest absolute Gasteiger partial charge is 0.270 e. The standard InChI is InChI=1S/C8H7Cl2NO2S/c1-11-7-5-3-2-4-6(7)8(9,10)14(11,12)13/h2-5H,1H3. The molecule has 76 valence electrons. The predicted octanol–water partition coefficient (Wildman–Crippen LogP) is 2.05. The van der Waals surface area contributed by atoms with E-state index in [4.69, 9.17) is 23.2 Å². The lowest BCUT2D eigenvalue weighted by atomic mass is 10.2. The summed E-state index contributed by atoms with van der Waals surface area (Å²) in [5.41, 5.74) is 0.934. The van der Waals surface area contributed by atoms with Crippen LogP contribution in [0.2, 0.25) is 0 Å². The number of para-hydroxylation sites is 1. The molecular weight excluding hydrogens is 245 g/mol. The molecule has 0 unspecified atom stereocenters. The Morgan fingerprint density at radius 2 is 1.86 bits per heavy atom. The molecule has 1 aromatic carbocycles. The number of fused-ring (bicyclic) bond motifs is 1. The fraction of sp³-hybridized carbons (Fsp3) is 0.250. The summed E-state index contributed by atoms with van der Waals surface area (Å²) < 4.78 is 22.7. The molecule has 0 aliphatic carbocycles. The van der Waals surface area contributed by atoms with E-state index in [1.54, 1.807) is 24.3 Å². The molecule has 1 aliphatic heterocycles. The molecule has 3 nitrogen and oxygen atoms in total. The Bertz CT molecular complexity index is 484. The van der Waals surface area contributed by atoms with Gasteiger partial charge in [0.2, 0.25) is 0 Å². The Morgan fingerprint density at radius 1 is 1.29 bits per heavy atom. The second-order valence-electron chi connectivity index (χ2n) is 3.01. The zero-order valence-electron chi connectivity index (χ0n) is 7.24. The third kappa shape index (κ3) is 1.02. The zero-order chi connectivity index (χ0) is 10.6. The Hall–Kier alpha value is -0.450. The number of hydrogen-bond acceptors (Lipinski definition) is 2. The summed E-state index contributed by atoms with van der Waals surface area (Å²) in [7, 11) is -2.27. The molecule has 0 saturated carbocycles. The van der Waals surface area contributed by atoms with Gasteiger partial charge in [-0.3, -0.25) is 4.31 Å². The first-order valence-corrected chi connectivity index (χ1v) is 6.04. The van der Waals surface area contributed by atoms with Gasteiger partial charge < -0.3 is 0 Å². The van der Waals surface area contributed by atoms with E-state index in [0.717, 1.165) is 4.31 Å². The number of benzene rings is 1. The van der Waals surface area contributed by atoms with Crippen molar-refractivity contribution in [3.8, 4) is 0 Å². The van der Waals surface area contributed by atoms with Crippen LogP contribution in [0.15, 0.2) is 24.3 Å². The average Bonchev–Trinajstić information content (AvgIpc) is 2.27. The summed E-state index contributed by atoms with van der Waals surface area (Å²) in [5.74, 6) is 0. The van der Waals surface area contributed by atoms with Crippen LogP contribution in [-0.2, 0) is 13.7 Å². The minimum absolute atomic E-state index is 0.408. The molecule has 6 heteroatoms. The van der Waals surface area contributed by atoms with Gasteiger partial charge in [0.05, 0.1) is 5.69 Å². The maximum atomic E-state index is 11.7. The van der Waals surface area contributed by atoms with E-state index in [-0.39, 0.29) is 0 Å². The Morgan fingerprint density at radius 3 is 2.43 bits per heavy atom. The first kappa shape index (κ1) is 10.1. The quantitative estimate of drug-likeness (QED) is 0.663. The molecule has 14 heavy (non-hydrogen) atoms. The molecule has 0 fully saturated rings. The highest BCUT2D eigenvalue weighted by molar-refractivity contribution is 7.96. The highest BCUT2D eigenvalue weighted by atomic mass is 35.5. The number of sulfonamides is 1. The van der Waals surface area contributed by atoms with E-state index >= 15 is 0 Å². The van der Waals surface area contributed by atoms with Gasteiger partial charge in [0, 0.05) is 12.6 Å². The molecule has 2 rings (SSSR count). The predicted molar refractivity (Wildman–Crippen MR) is 57.1 cm³/mol. The first-order valence-electron chi connectivity index (χ1n) is 3.85. The van der Waals surface area contributed by atoms with Crippen molar-refractivity contribution >= 4 is 38.9 Å². The monoisotopic (exact) mass is 251 g/mol. The van der Waals surface area contributed by atoms with Crippen LogP contribution in [0.1, 0.15) is 5.56 Å². The number of nitrogens with zero attached hydrogens (tertiary/aromatic N) is 1. The molecular formula is C8H7Cl2NO2S. The Kier molecular flexibility index (Phi) is 2.00. The van der Waals surface area contributed by atoms with E-state index in [1.807, 2.05) is 0 Å². The fourth-order valence-electron chi connectivity index (χ4n) is 1.43. The van der Waals surface area contributed by atoms with Gasteiger partial charge in [-0.2, -0.15) is 0 Å². The maximum absolute atomic E-state index is 11.7.